The van der Waals surface area contributed by atoms with Gasteiger partial charge >= 0.3 is 6.09 Å². The molecular weight excluding hydrogens is 340 g/mol. The number of piperidine rings is 1. The van der Waals surface area contributed by atoms with Crippen LogP contribution in [0.15, 0.2) is 30.3 Å². The molecule has 2 amide bonds. The molecule has 0 bridgehead atoms. The number of amides is 2. The van der Waals surface area contributed by atoms with Crippen LogP contribution >= 0.6 is 11.6 Å². The van der Waals surface area contributed by atoms with E-state index < -0.39 is 11.7 Å². The summed E-state index contributed by atoms with van der Waals surface area (Å²) < 4.78 is 5.26. The molecule has 25 heavy (non-hydrogen) atoms. The van der Waals surface area contributed by atoms with E-state index in [1.165, 1.54) is 0 Å². The van der Waals surface area contributed by atoms with Crippen LogP contribution in [0.3, 0.4) is 0 Å². The molecule has 0 spiro atoms. The Labute approximate surface area is 154 Å². The average Bonchev–Trinajstić information content (AvgIpc) is 2.51. The third-order valence-corrected chi connectivity index (χ3v) is 4.03. The molecule has 1 aromatic carbocycles. The molecule has 1 fully saturated rings. The van der Waals surface area contributed by atoms with Gasteiger partial charge in [0.05, 0.1) is 0 Å². The van der Waals surface area contributed by atoms with Gasteiger partial charge in [-0.15, -0.1) is 0 Å². The Balaban J connectivity index is 1.79. The van der Waals surface area contributed by atoms with E-state index in [0.717, 1.165) is 18.4 Å². The Morgan fingerprint density at radius 3 is 2.56 bits per heavy atom. The standard InChI is InChI=1S/C19H25ClN2O3/c1-19(2,3)25-18(24)21-16-9-11-22(12-10-16)17(23)8-7-14-5-4-6-15(20)13-14/h4-8,13,16H,9-12H2,1-3H3,(H,21,24)/b8-7+. The molecule has 0 saturated carbocycles. The lowest BCUT2D eigenvalue weighted by Gasteiger charge is -2.32. The molecule has 6 heteroatoms. The highest BCUT2D eigenvalue weighted by atomic mass is 35.5. The first-order valence-corrected chi connectivity index (χ1v) is 8.83. The molecule has 0 aliphatic carbocycles. The van der Waals surface area contributed by atoms with Crippen LogP contribution in [0.2, 0.25) is 5.02 Å². The van der Waals surface area contributed by atoms with Crippen LogP contribution < -0.4 is 5.32 Å². The van der Waals surface area contributed by atoms with Crippen LogP contribution in [0.1, 0.15) is 39.2 Å². The van der Waals surface area contributed by atoms with Crippen molar-refractivity contribution < 1.29 is 14.3 Å². The Hall–Kier alpha value is -2.01. The van der Waals surface area contributed by atoms with Gasteiger partial charge in [0.1, 0.15) is 5.60 Å². The molecule has 0 unspecified atom stereocenters. The fraction of sp³-hybridized carbons (Fsp3) is 0.474. The highest BCUT2D eigenvalue weighted by Crippen LogP contribution is 2.15. The number of nitrogens with zero attached hydrogens (tertiary/aromatic N) is 1. The van der Waals surface area contributed by atoms with Gasteiger partial charge in [-0.25, -0.2) is 4.79 Å². The number of hydrogen-bond donors (Lipinski definition) is 1. The van der Waals surface area contributed by atoms with E-state index in [0.29, 0.717) is 18.1 Å². The van der Waals surface area contributed by atoms with Crippen molar-refractivity contribution in [2.45, 2.75) is 45.3 Å². The number of likely N-dealkylation sites (tertiary alicyclic amines) is 1. The van der Waals surface area contributed by atoms with Gasteiger partial charge in [0.25, 0.3) is 0 Å². The molecule has 5 nitrogen and oxygen atoms in total. The lowest BCUT2D eigenvalue weighted by Crippen LogP contribution is -2.47. The highest BCUT2D eigenvalue weighted by molar-refractivity contribution is 6.30. The summed E-state index contributed by atoms with van der Waals surface area (Å²) in [6, 6.07) is 7.38. The first-order chi connectivity index (χ1) is 11.7. The molecule has 1 aromatic rings. The van der Waals surface area contributed by atoms with Crippen LogP contribution in [0.25, 0.3) is 6.08 Å². The zero-order valence-corrected chi connectivity index (χ0v) is 15.7. The van der Waals surface area contributed by atoms with Crippen molar-refractivity contribution in [3.8, 4) is 0 Å². The Morgan fingerprint density at radius 1 is 1.28 bits per heavy atom. The van der Waals surface area contributed by atoms with Crippen LogP contribution in [0, 0.1) is 0 Å². The number of benzene rings is 1. The van der Waals surface area contributed by atoms with E-state index >= 15 is 0 Å². The Morgan fingerprint density at radius 2 is 1.96 bits per heavy atom. The molecule has 0 aromatic heterocycles. The van der Waals surface area contributed by atoms with Crippen molar-refractivity contribution >= 4 is 29.7 Å². The summed E-state index contributed by atoms with van der Waals surface area (Å²) in [5.41, 5.74) is 0.383. The third kappa shape index (κ3) is 6.78. The second-order valence-corrected chi connectivity index (χ2v) is 7.57. The molecule has 136 valence electrons. The van der Waals surface area contributed by atoms with Crippen molar-refractivity contribution in [3.05, 3.63) is 40.9 Å². The molecule has 2 rings (SSSR count). The summed E-state index contributed by atoms with van der Waals surface area (Å²) in [6.45, 7) is 6.72. The normalized spacial score (nSPS) is 16.1. The van der Waals surface area contributed by atoms with Gasteiger partial charge < -0.3 is 15.0 Å². The minimum absolute atomic E-state index is 0.0318. The molecule has 1 N–H and O–H groups in total. The molecule has 1 saturated heterocycles. The van der Waals surface area contributed by atoms with Crippen LogP contribution in [-0.2, 0) is 9.53 Å². The maximum atomic E-state index is 12.3. The molecule has 1 heterocycles. The minimum atomic E-state index is -0.508. The van der Waals surface area contributed by atoms with Gasteiger partial charge in [0.2, 0.25) is 5.91 Å². The number of hydrogen-bond acceptors (Lipinski definition) is 3. The lowest BCUT2D eigenvalue weighted by molar-refractivity contribution is -0.127. The predicted molar refractivity (Wildman–Crippen MR) is 99.5 cm³/mol. The van der Waals surface area contributed by atoms with Gasteiger partial charge in [-0.05, 0) is 57.4 Å². The van der Waals surface area contributed by atoms with Crippen LogP contribution in [-0.4, -0.2) is 41.6 Å². The van der Waals surface area contributed by atoms with Crippen molar-refractivity contribution in [1.29, 1.82) is 0 Å². The summed E-state index contributed by atoms with van der Waals surface area (Å²) >= 11 is 5.93. The van der Waals surface area contributed by atoms with Gasteiger partial charge in [0.15, 0.2) is 0 Å². The molecule has 0 radical (unpaired) electrons. The predicted octanol–water partition coefficient (Wildman–Crippen LogP) is 3.87. The zero-order chi connectivity index (χ0) is 18.4. The lowest BCUT2D eigenvalue weighted by atomic mass is 10.1. The number of nitrogens with one attached hydrogen (secondary N) is 1. The second-order valence-electron chi connectivity index (χ2n) is 7.13. The van der Waals surface area contributed by atoms with Crippen molar-refractivity contribution in [1.82, 2.24) is 10.2 Å². The average molecular weight is 365 g/mol. The smallest absolute Gasteiger partial charge is 0.407 e. The summed E-state index contributed by atoms with van der Waals surface area (Å²) in [5, 5.41) is 3.51. The van der Waals surface area contributed by atoms with E-state index in [1.807, 2.05) is 39.0 Å². The minimum Gasteiger partial charge on any atom is -0.444 e. The van der Waals surface area contributed by atoms with Gasteiger partial charge in [-0.3, -0.25) is 4.79 Å². The molecule has 1 aliphatic heterocycles. The zero-order valence-electron chi connectivity index (χ0n) is 14.9. The molecular formula is C19H25ClN2O3. The first kappa shape index (κ1) is 19.3. The molecule has 0 atom stereocenters. The fourth-order valence-corrected chi connectivity index (χ4v) is 2.80. The molecule has 1 aliphatic rings. The SMILES string of the molecule is CC(C)(C)OC(=O)NC1CCN(C(=O)/C=C/c2cccc(Cl)c2)CC1. The maximum absolute atomic E-state index is 12.3. The van der Waals surface area contributed by atoms with Crippen molar-refractivity contribution in [2.75, 3.05) is 13.1 Å². The van der Waals surface area contributed by atoms with Crippen LogP contribution in [0.4, 0.5) is 4.79 Å². The summed E-state index contributed by atoms with van der Waals surface area (Å²) in [5.74, 6) is -0.0318. The van der Waals surface area contributed by atoms with Crippen molar-refractivity contribution in [3.63, 3.8) is 0 Å². The van der Waals surface area contributed by atoms with Gasteiger partial charge in [-0.2, -0.15) is 0 Å². The summed E-state index contributed by atoms with van der Waals surface area (Å²) in [7, 11) is 0. The first-order valence-electron chi connectivity index (χ1n) is 8.45. The fourth-order valence-electron chi connectivity index (χ4n) is 2.60. The number of halogens is 1. The monoisotopic (exact) mass is 364 g/mol. The summed E-state index contributed by atoms with van der Waals surface area (Å²) in [4.78, 5) is 25.8. The Kier molecular flexibility index (Phi) is 6.48. The van der Waals surface area contributed by atoms with E-state index in [4.69, 9.17) is 16.3 Å². The van der Waals surface area contributed by atoms with Gasteiger partial charge in [0, 0.05) is 30.2 Å². The summed E-state index contributed by atoms with van der Waals surface area (Å²) in [6.07, 6.45) is 4.36. The third-order valence-electron chi connectivity index (χ3n) is 3.79. The topological polar surface area (TPSA) is 58.6 Å². The van der Waals surface area contributed by atoms with E-state index in [-0.39, 0.29) is 11.9 Å². The second kappa shape index (κ2) is 8.39. The highest BCUT2D eigenvalue weighted by Gasteiger charge is 2.24. The van der Waals surface area contributed by atoms with E-state index in [2.05, 4.69) is 5.32 Å². The number of carbonyl (C=O) groups excluding carboxylic acids is 2. The van der Waals surface area contributed by atoms with E-state index in [9.17, 15) is 9.59 Å². The largest absolute Gasteiger partial charge is 0.444 e. The number of rotatable bonds is 3. The Bertz CT molecular complexity index is 644. The number of carbonyl (C=O) groups is 2. The quantitative estimate of drug-likeness (QED) is 0.828. The number of alkyl carbamates (subject to hydrolysis) is 1. The van der Waals surface area contributed by atoms with Gasteiger partial charge in [-0.1, -0.05) is 23.7 Å². The van der Waals surface area contributed by atoms with E-state index in [1.54, 1.807) is 23.1 Å². The maximum Gasteiger partial charge on any atom is 0.407 e. The number of ether oxygens (including phenoxy) is 1. The van der Waals surface area contributed by atoms with Crippen molar-refractivity contribution in [2.24, 2.45) is 0 Å². The van der Waals surface area contributed by atoms with Crippen LogP contribution in [0.5, 0.6) is 0 Å².